The standard InChI is InChI=1S/C8H14N2O/c1-6(8(11)10-9)7-4-2-3-5-7/h2-5,9H2,1H3,(H,10,11). The van der Waals surface area contributed by atoms with Crippen molar-refractivity contribution in [1.29, 1.82) is 0 Å². The van der Waals surface area contributed by atoms with Crippen molar-refractivity contribution in [3.63, 3.8) is 0 Å². The van der Waals surface area contributed by atoms with E-state index in [9.17, 15) is 4.79 Å². The molecule has 0 saturated heterocycles. The summed E-state index contributed by atoms with van der Waals surface area (Å²) in [5.41, 5.74) is 4.23. The van der Waals surface area contributed by atoms with Crippen molar-refractivity contribution in [2.24, 2.45) is 5.84 Å². The molecule has 3 nitrogen and oxygen atoms in total. The molecule has 1 aliphatic rings. The number of allylic oxidation sites excluding steroid dienone is 1. The van der Waals surface area contributed by atoms with Gasteiger partial charge in [0, 0.05) is 5.57 Å². The molecule has 0 atom stereocenters. The zero-order chi connectivity index (χ0) is 8.27. The molecule has 11 heavy (non-hydrogen) atoms. The highest BCUT2D eigenvalue weighted by Crippen LogP contribution is 2.26. The summed E-state index contributed by atoms with van der Waals surface area (Å²) in [4.78, 5) is 11.0. The first-order valence-corrected chi connectivity index (χ1v) is 3.95. The van der Waals surface area contributed by atoms with Gasteiger partial charge in [0.1, 0.15) is 0 Å². The van der Waals surface area contributed by atoms with Crippen molar-refractivity contribution in [3.8, 4) is 0 Å². The number of hydrazine groups is 1. The lowest BCUT2D eigenvalue weighted by molar-refractivity contribution is -0.117. The average molecular weight is 154 g/mol. The topological polar surface area (TPSA) is 55.1 Å². The second-order valence-electron chi connectivity index (χ2n) is 2.91. The molecule has 0 aliphatic heterocycles. The largest absolute Gasteiger partial charge is 0.290 e. The zero-order valence-corrected chi connectivity index (χ0v) is 6.81. The molecule has 0 spiro atoms. The molecule has 0 radical (unpaired) electrons. The van der Waals surface area contributed by atoms with Gasteiger partial charge in [-0.15, -0.1) is 0 Å². The van der Waals surface area contributed by atoms with Crippen LogP contribution in [0.3, 0.4) is 0 Å². The average Bonchev–Trinajstić information content (AvgIpc) is 2.53. The molecule has 3 N–H and O–H groups in total. The fourth-order valence-corrected chi connectivity index (χ4v) is 1.45. The van der Waals surface area contributed by atoms with Crippen LogP contribution in [0.4, 0.5) is 0 Å². The van der Waals surface area contributed by atoms with Gasteiger partial charge in [-0.2, -0.15) is 0 Å². The summed E-state index contributed by atoms with van der Waals surface area (Å²) >= 11 is 0. The van der Waals surface area contributed by atoms with Crippen LogP contribution in [0.5, 0.6) is 0 Å². The number of carbonyl (C=O) groups excluding carboxylic acids is 1. The van der Waals surface area contributed by atoms with E-state index in [1.807, 2.05) is 6.92 Å². The number of hydrogen-bond acceptors (Lipinski definition) is 2. The van der Waals surface area contributed by atoms with Crippen LogP contribution in [-0.4, -0.2) is 5.91 Å². The third-order valence-electron chi connectivity index (χ3n) is 2.21. The van der Waals surface area contributed by atoms with Crippen LogP contribution >= 0.6 is 0 Å². The maximum Gasteiger partial charge on any atom is 0.260 e. The lowest BCUT2D eigenvalue weighted by Gasteiger charge is -2.02. The molecule has 1 aliphatic carbocycles. The van der Waals surface area contributed by atoms with E-state index in [-0.39, 0.29) is 5.91 Å². The van der Waals surface area contributed by atoms with Crippen LogP contribution in [0, 0.1) is 0 Å². The van der Waals surface area contributed by atoms with E-state index in [2.05, 4.69) is 5.43 Å². The molecule has 0 aromatic carbocycles. The van der Waals surface area contributed by atoms with E-state index in [1.54, 1.807) is 0 Å². The van der Waals surface area contributed by atoms with E-state index in [4.69, 9.17) is 5.84 Å². The molecule has 0 unspecified atom stereocenters. The molecule has 0 aromatic rings. The summed E-state index contributed by atoms with van der Waals surface area (Å²) < 4.78 is 0. The normalized spacial score (nSPS) is 16.7. The zero-order valence-electron chi connectivity index (χ0n) is 6.81. The quantitative estimate of drug-likeness (QED) is 0.255. The van der Waals surface area contributed by atoms with Gasteiger partial charge >= 0.3 is 0 Å². The summed E-state index contributed by atoms with van der Waals surface area (Å²) in [5.74, 6) is 4.87. The number of carbonyl (C=O) groups is 1. The molecule has 1 saturated carbocycles. The summed E-state index contributed by atoms with van der Waals surface area (Å²) in [7, 11) is 0. The van der Waals surface area contributed by atoms with Crippen molar-refractivity contribution in [2.45, 2.75) is 32.6 Å². The number of rotatable bonds is 1. The monoisotopic (exact) mass is 154 g/mol. The predicted octanol–water partition coefficient (Wildman–Crippen LogP) is 0.867. The number of nitrogens with two attached hydrogens (primary N) is 1. The molecule has 1 fully saturated rings. The minimum atomic E-state index is -0.137. The Morgan fingerprint density at radius 2 is 2.00 bits per heavy atom. The van der Waals surface area contributed by atoms with Crippen molar-refractivity contribution in [2.75, 3.05) is 0 Å². The van der Waals surface area contributed by atoms with Crippen LogP contribution in [0.25, 0.3) is 0 Å². The molecular formula is C8H14N2O. The molecule has 0 heterocycles. The van der Waals surface area contributed by atoms with Crippen LogP contribution in [0.1, 0.15) is 32.6 Å². The third kappa shape index (κ3) is 1.80. The Balaban J connectivity index is 2.69. The summed E-state index contributed by atoms with van der Waals surface area (Å²) in [6.07, 6.45) is 4.56. The van der Waals surface area contributed by atoms with E-state index in [0.717, 1.165) is 18.4 Å². The lowest BCUT2D eigenvalue weighted by atomic mass is 10.1. The van der Waals surface area contributed by atoms with Crippen LogP contribution in [-0.2, 0) is 4.79 Å². The van der Waals surface area contributed by atoms with E-state index < -0.39 is 0 Å². The summed E-state index contributed by atoms with van der Waals surface area (Å²) in [6.45, 7) is 1.84. The first-order chi connectivity index (χ1) is 5.25. The van der Waals surface area contributed by atoms with Gasteiger partial charge in [-0.1, -0.05) is 5.57 Å². The van der Waals surface area contributed by atoms with E-state index >= 15 is 0 Å². The Morgan fingerprint density at radius 1 is 1.45 bits per heavy atom. The molecule has 1 amide bonds. The second kappa shape index (κ2) is 3.53. The van der Waals surface area contributed by atoms with Crippen molar-refractivity contribution < 1.29 is 4.79 Å². The van der Waals surface area contributed by atoms with Crippen LogP contribution < -0.4 is 11.3 Å². The Labute approximate surface area is 66.6 Å². The highest BCUT2D eigenvalue weighted by atomic mass is 16.2. The fourth-order valence-electron chi connectivity index (χ4n) is 1.45. The van der Waals surface area contributed by atoms with Gasteiger partial charge < -0.3 is 0 Å². The Kier molecular flexibility index (Phi) is 2.65. The molecule has 62 valence electrons. The molecular weight excluding hydrogens is 140 g/mol. The first-order valence-electron chi connectivity index (χ1n) is 3.95. The Hall–Kier alpha value is -0.830. The predicted molar refractivity (Wildman–Crippen MR) is 43.5 cm³/mol. The minimum Gasteiger partial charge on any atom is -0.290 e. The molecule has 0 aromatic heterocycles. The Bertz CT molecular complexity index is 188. The maximum absolute atomic E-state index is 11.0. The van der Waals surface area contributed by atoms with Gasteiger partial charge in [0.15, 0.2) is 0 Å². The van der Waals surface area contributed by atoms with Gasteiger partial charge in [-0.3, -0.25) is 10.2 Å². The number of nitrogens with one attached hydrogen (secondary N) is 1. The maximum atomic E-state index is 11.0. The van der Waals surface area contributed by atoms with Gasteiger partial charge in [0.25, 0.3) is 5.91 Å². The van der Waals surface area contributed by atoms with Crippen LogP contribution in [0.15, 0.2) is 11.1 Å². The van der Waals surface area contributed by atoms with Crippen molar-refractivity contribution >= 4 is 5.91 Å². The van der Waals surface area contributed by atoms with E-state index in [1.165, 1.54) is 18.4 Å². The van der Waals surface area contributed by atoms with Crippen molar-refractivity contribution in [1.82, 2.24) is 5.43 Å². The van der Waals surface area contributed by atoms with Gasteiger partial charge in [0.2, 0.25) is 0 Å². The molecule has 3 heteroatoms. The second-order valence-corrected chi connectivity index (χ2v) is 2.91. The van der Waals surface area contributed by atoms with E-state index in [0.29, 0.717) is 0 Å². The highest BCUT2D eigenvalue weighted by Gasteiger charge is 2.13. The fraction of sp³-hybridized carbons (Fsp3) is 0.625. The Morgan fingerprint density at radius 3 is 2.45 bits per heavy atom. The minimum absolute atomic E-state index is 0.137. The van der Waals surface area contributed by atoms with Gasteiger partial charge in [-0.25, -0.2) is 5.84 Å². The molecule has 0 bridgehead atoms. The van der Waals surface area contributed by atoms with Crippen molar-refractivity contribution in [3.05, 3.63) is 11.1 Å². The lowest BCUT2D eigenvalue weighted by Crippen LogP contribution is -2.31. The first kappa shape index (κ1) is 8.27. The van der Waals surface area contributed by atoms with Gasteiger partial charge in [-0.05, 0) is 32.6 Å². The third-order valence-corrected chi connectivity index (χ3v) is 2.21. The number of amides is 1. The summed E-state index contributed by atoms with van der Waals surface area (Å²) in [6, 6.07) is 0. The van der Waals surface area contributed by atoms with Gasteiger partial charge in [0.05, 0.1) is 0 Å². The summed E-state index contributed by atoms with van der Waals surface area (Å²) in [5, 5.41) is 0. The van der Waals surface area contributed by atoms with Crippen LogP contribution in [0.2, 0.25) is 0 Å². The molecule has 1 rings (SSSR count). The number of hydrogen-bond donors (Lipinski definition) is 2. The smallest absolute Gasteiger partial charge is 0.260 e. The highest BCUT2D eigenvalue weighted by molar-refractivity contribution is 5.93. The SMILES string of the molecule is CC(C(=O)NN)=C1CCCC1.